The van der Waals surface area contributed by atoms with Crippen LogP contribution in [0.1, 0.15) is 20.8 Å². The van der Waals surface area contributed by atoms with Gasteiger partial charge < -0.3 is 9.72 Å². The predicted molar refractivity (Wildman–Crippen MR) is 64.3 cm³/mol. The van der Waals surface area contributed by atoms with E-state index in [2.05, 4.69) is 15.3 Å². The molecule has 1 heterocycles. The fourth-order valence-corrected chi connectivity index (χ4v) is 1.34. The van der Waals surface area contributed by atoms with Crippen molar-refractivity contribution in [3.05, 3.63) is 16.1 Å². The molecule has 7 heteroatoms. The number of carbonyl (C=O) groups is 1. The smallest absolute Gasteiger partial charge is 0.412 e. The van der Waals surface area contributed by atoms with E-state index in [4.69, 9.17) is 28.6 Å². The average molecular weight is 262 g/mol. The topological polar surface area (TPSA) is 67.0 Å². The largest absolute Gasteiger partial charge is 0.444 e. The maximum atomic E-state index is 11.5. The van der Waals surface area contributed by atoms with Gasteiger partial charge in [0.1, 0.15) is 16.4 Å². The first-order valence-electron chi connectivity index (χ1n) is 4.53. The van der Waals surface area contributed by atoms with Crippen molar-refractivity contribution in [2.24, 2.45) is 0 Å². The molecule has 0 saturated heterocycles. The summed E-state index contributed by atoms with van der Waals surface area (Å²) in [5, 5.41) is 2.66. The zero-order valence-electron chi connectivity index (χ0n) is 9.13. The van der Waals surface area contributed by atoms with E-state index >= 15 is 0 Å². The molecule has 2 N–H and O–H groups in total. The Morgan fingerprint density at radius 3 is 2.75 bits per heavy atom. The van der Waals surface area contributed by atoms with E-state index in [1.807, 2.05) is 0 Å². The lowest BCUT2D eigenvalue weighted by atomic mass is 10.2. The molecule has 0 fully saturated rings. The van der Waals surface area contributed by atoms with Gasteiger partial charge >= 0.3 is 6.09 Å². The molecule has 0 aromatic carbocycles. The zero-order chi connectivity index (χ0) is 12.3. The molecule has 0 aliphatic carbocycles. The highest BCUT2D eigenvalue weighted by Crippen LogP contribution is 2.19. The number of rotatable bonds is 1. The van der Waals surface area contributed by atoms with Gasteiger partial charge in [-0.05, 0) is 20.8 Å². The van der Waals surface area contributed by atoms with E-state index in [9.17, 15) is 4.79 Å². The summed E-state index contributed by atoms with van der Waals surface area (Å²) >= 11 is 10.7. The highest BCUT2D eigenvalue weighted by Gasteiger charge is 2.17. The van der Waals surface area contributed by atoms with E-state index in [-0.39, 0.29) is 15.5 Å². The molecule has 0 bridgehead atoms. The Morgan fingerprint density at radius 2 is 2.25 bits per heavy atom. The maximum absolute atomic E-state index is 11.5. The van der Waals surface area contributed by atoms with Crippen LogP contribution in [0, 0.1) is 4.64 Å². The number of nitrogens with one attached hydrogen (secondary N) is 2. The third kappa shape index (κ3) is 3.79. The molecule has 0 unspecified atom stereocenters. The van der Waals surface area contributed by atoms with Crippen molar-refractivity contribution in [1.82, 2.24) is 9.97 Å². The van der Waals surface area contributed by atoms with Gasteiger partial charge in [-0.15, -0.1) is 0 Å². The minimum absolute atomic E-state index is 0.203. The molecule has 88 valence electrons. The number of amides is 1. The van der Waals surface area contributed by atoms with Crippen molar-refractivity contribution in [2.75, 3.05) is 5.32 Å². The normalized spacial score (nSPS) is 11.0. The summed E-state index contributed by atoms with van der Waals surface area (Å²) in [6.45, 7) is 5.29. The van der Waals surface area contributed by atoms with Gasteiger partial charge in [0.25, 0.3) is 0 Å². The number of anilines is 1. The lowest BCUT2D eigenvalue weighted by Gasteiger charge is -2.19. The Balaban J connectivity index is 2.82. The molecule has 5 nitrogen and oxygen atoms in total. The second-order valence-corrected chi connectivity index (χ2v) is 4.79. The monoisotopic (exact) mass is 261 g/mol. The first-order valence-corrected chi connectivity index (χ1v) is 5.31. The molecular weight excluding hydrogens is 250 g/mol. The molecule has 1 rings (SSSR count). The summed E-state index contributed by atoms with van der Waals surface area (Å²) < 4.78 is 5.26. The zero-order valence-corrected chi connectivity index (χ0v) is 10.7. The minimum Gasteiger partial charge on any atom is -0.444 e. The molecule has 1 aromatic rings. The van der Waals surface area contributed by atoms with Gasteiger partial charge in [0.2, 0.25) is 0 Å². The van der Waals surface area contributed by atoms with Gasteiger partial charge in [-0.3, -0.25) is 5.32 Å². The Kier molecular flexibility index (Phi) is 3.88. The van der Waals surface area contributed by atoms with Crippen LogP contribution in [-0.4, -0.2) is 21.7 Å². The molecule has 0 aliphatic heterocycles. The van der Waals surface area contributed by atoms with Crippen LogP contribution in [-0.2, 0) is 4.74 Å². The number of aromatic amines is 1. The van der Waals surface area contributed by atoms with Crippen LogP contribution in [0.5, 0.6) is 0 Å². The summed E-state index contributed by atoms with van der Waals surface area (Å²) in [6, 6.07) is 0. The van der Waals surface area contributed by atoms with Gasteiger partial charge in [-0.25, -0.2) is 9.78 Å². The van der Waals surface area contributed by atoms with Crippen molar-refractivity contribution in [3.8, 4) is 0 Å². The number of nitrogens with zero attached hydrogens (tertiary/aromatic N) is 1. The molecule has 0 aliphatic rings. The lowest BCUT2D eigenvalue weighted by Crippen LogP contribution is -2.27. The van der Waals surface area contributed by atoms with Gasteiger partial charge in [-0.1, -0.05) is 23.8 Å². The van der Waals surface area contributed by atoms with Crippen LogP contribution in [0.2, 0.25) is 5.15 Å². The van der Waals surface area contributed by atoms with Gasteiger partial charge in [0, 0.05) is 0 Å². The van der Waals surface area contributed by atoms with Gasteiger partial charge in [-0.2, -0.15) is 0 Å². The van der Waals surface area contributed by atoms with Gasteiger partial charge in [0.05, 0.1) is 6.33 Å². The highest BCUT2D eigenvalue weighted by molar-refractivity contribution is 7.71. The second-order valence-electron chi connectivity index (χ2n) is 4.02. The fourth-order valence-electron chi connectivity index (χ4n) is 0.892. The lowest BCUT2D eigenvalue weighted by molar-refractivity contribution is 0.0635. The van der Waals surface area contributed by atoms with Crippen molar-refractivity contribution in [3.63, 3.8) is 0 Å². The number of carbonyl (C=O) groups excluding carboxylic acids is 1. The van der Waals surface area contributed by atoms with Crippen LogP contribution in [0.25, 0.3) is 0 Å². The average Bonchev–Trinajstić information content (AvgIpc) is 2.08. The van der Waals surface area contributed by atoms with E-state index in [0.717, 1.165) is 0 Å². The van der Waals surface area contributed by atoms with E-state index < -0.39 is 11.7 Å². The van der Waals surface area contributed by atoms with Crippen LogP contribution in [0.4, 0.5) is 10.5 Å². The molecule has 1 amide bonds. The SMILES string of the molecule is CC(C)(C)OC(=O)Nc1c(Cl)[nH]cnc1=S. The molecule has 1 aromatic heterocycles. The Hall–Kier alpha value is -1.14. The number of hydrogen-bond donors (Lipinski definition) is 2. The van der Waals surface area contributed by atoms with E-state index in [1.54, 1.807) is 20.8 Å². The number of halogens is 1. The summed E-state index contributed by atoms with van der Waals surface area (Å²) in [4.78, 5) is 17.9. The second kappa shape index (κ2) is 4.80. The highest BCUT2D eigenvalue weighted by atomic mass is 35.5. The third-order valence-corrected chi connectivity index (χ3v) is 2.04. The maximum Gasteiger partial charge on any atom is 0.412 e. The molecular formula is C9H12ClN3O2S. The molecule has 0 radical (unpaired) electrons. The van der Waals surface area contributed by atoms with Crippen LogP contribution in [0.15, 0.2) is 6.33 Å². The first kappa shape index (κ1) is 12.9. The quantitative estimate of drug-likeness (QED) is 0.602. The summed E-state index contributed by atoms with van der Waals surface area (Å²) in [5.41, 5.74) is -0.335. The minimum atomic E-state index is -0.623. The fraction of sp³-hybridized carbons (Fsp3) is 0.444. The van der Waals surface area contributed by atoms with Crippen LogP contribution in [0.3, 0.4) is 0 Å². The van der Waals surface area contributed by atoms with E-state index in [1.165, 1.54) is 6.33 Å². The summed E-state index contributed by atoms with van der Waals surface area (Å²) in [5.74, 6) is 0. The van der Waals surface area contributed by atoms with Crippen LogP contribution >= 0.6 is 23.8 Å². The molecule has 16 heavy (non-hydrogen) atoms. The summed E-state index contributed by atoms with van der Waals surface area (Å²) in [7, 11) is 0. The first-order chi connectivity index (χ1) is 7.29. The Morgan fingerprint density at radius 1 is 1.62 bits per heavy atom. The number of H-pyrrole nitrogens is 1. The molecule has 0 spiro atoms. The van der Waals surface area contributed by atoms with Crippen molar-refractivity contribution >= 4 is 35.6 Å². The number of aromatic nitrogens is 2. The van der Waals surface area contributed by atoms with Crippen molar-refractivity contribution in [1.29, 1.82) is 0 Å². The summed E-state index contributed by atoms with van der Waals surface area (Å²) in [6.07, 6.45) is 0.729. The number of ether oxygens (including phenoxy) is 1. The van der Waals surface area contributed by atoms with Crippen LogP contribution < -0.4 is 5.32 Å². The van der Waals surface area contributed by atoms with E-state index in [0.29, 0.717) is 0 Å². The predicted octanol–water partition coefficient (Wildman–Crippen LogP) is 3.14. The van der Waals surface area contributed by atoms with Crippen molar-refractivity contribution < 1.29 is 9.53 Å². The Labute approximate surface area is 103 Å². The third-order valence-electron chi connectivity index (χ3n) is 1.43. The Bertz CT molecular complexity index is 453. The molecule has 0 saturated carbocycles. The molecule has 0 atom stereocenters. The van der Waals surface area contributed by atoms with Gasteiger partial charge in [0.15, 0.2) is 4.64 Å². The van der Waals surface area contributed by atoms with Crippen molar-refractivity contribution in [2.45, 2.75) is 26.4 Å². The number of hydrogen-bond acceptors (Lipinski definition) is 4. The standard InChI is InChI=1S/C9H12ClN3O2S/c1-9(2,3)15-8(14)13-5-6(10)11-4-12-7(5)16/h4H,1-3H3,(H,13,14)(H,11,12,16).